The molecule has 1 unspecified atom stereocenters. The third-order valence-electron chi connectivity index (χ3n) is 4.30. The van der Waals surface area contributed by atoms with Crippen molar-refractivity contribution in [2.24, 2.45) is 0 Å². The molecule has 1 fully saturated rings. The van der Waals surface area contributed by atoms with Crippen molar-refractivity contribution in [1.29, 1.82) is 0 Å². The highest BCUT2D eigenvalue weighted by atomic mass is 16.2. The van der Waals surface area contributed by atoms with Crippen LogP contribution in [0.4, 0.5) is 5.69 Å². The Balaban J connectivity index is 1.83. The Morgan fingerprint density at radius 1 is 1.30 bits per heavy atom. The summed E-state index contributed by atoms with van der Waals surface area (Å²) in [5.74, 6) is 0.0936. The zero-order valence-electron chi connectivity index (χ0n) is 11.8. The molecular formula is C16H20N2O2. The van der Waals surface area contributed by atoms with Crippen LogP contribution in [0.2, 0.25) is 0 Å². The second-order valence-electron chi connectivity index (χ2n) is 5.79. The Bertz CT molecular complexity index is 553. The van der Waals surface area contributed by atoms with Gasteiger partial charge in [0.15, 0.2) is 0 Å². The highest BCUT2D eigenvalue weighted by Crippen LogP contribution is 2.26. The Labute approximate surface area is 119 Å². The topological polar surface area (TPSA) is 49.4 Å². The van der Waals surface area contributed by atoms with Crippen LogP contribution in [0.25, 0.3) is 0 Å². The van der Waals surface area contributed by atoms with Crippen molar-refractivity contribution in [1.82, 2.24) is 4.90 Å². The SMILES string of the molecule is CC1CCCCCN1C(=O)c1ccc2c(c1)NC(=O)C2. The first-order valence-corrected chi connectivity index (χ1v) is 7.39. The quantitative estimate of drug-likeness (QED) is 0.854. The minimum Gasteiger partial charge on any atom is -0.336 e. The molecule has 20 heavy (non-hydrogen) atoms. The highest BCUT2D eigenvalue weighted by Gasteiger charge is 2.25. The van der Waals surface area contributed by atoms with Crippen LogP contribution in [0.5, 0.6) is 0 Å². The van der Waals surface area contributed by atoms with Crippen molar-refractivity contribution in [3.63, 3.8) is 0 Å². The van der Waals surface area contributed by atoms with Crippen LogP contribution in [0.1, 0.15) is 48.5 Å². The number of rotatable bonds is 1. The molecule has 1 saturated heterocycles. The number of likely N-dealkylation sites (tertiary alicyclic amines) is 1. The number of benzene rings is 1. The molecule has 4 nitrogen and oxygen atoms in total. The van der Waals surface area contributed by atoms with E-state index in [4.69, 9.17) is 0 Å². The predicted molar refractivity (Wildman–Crippen MR) is 77.7 cm³/mol. The first-order chi connectivity index (χ1) is 9.65. The first kappa shape index (κ1) is 13.2. The number of hydrogen-bond donors (Lipinski definition) is 1. The molecule has 0 aromatic heterocycles. The molecule has 0 aliphatic carbocycles. The summed E-state index contributed by atoms with van der Waals surface area (Å²) >= 11 is 0. The van der Waals surface area contributed by atoms with Crippen molar-refractivity contribution < 1.29 is 9.59 Å². The smallest absolute Gasteiger partial charge is 0.254 e. The van der Waals surface area contributed by atoms with Gasteiger partial charge in [-0.2, -0.15) is 0 Å². The van der Waals surface area contributed by atoms with E-state index in [0.29, 0.717) is 18.0 Å². The lowest BCUT2D eigenvalue weighted by Gasteiger charge is -2.27. The minimum atomic E-state index is 0.00717. The molecule has 2 amide bonds. The summed E-state index contributed by atoms with van der Waals surface area (Å²) in [7, 11) is 0. The monoisotopic (exact) mass is 272 g/mol. The summed E-state index contributed by atoms with van der Waals surface area (Å²) in [5.41, 5.74) is 2.46. The average molecular weight is 272 g/mol. The van der Waals surface area contributed by atoms with Crippen LogP contribution >= 0.6 is 0 Å². The fraction of sp³-hybridized carbons (Fsp3) is 0.500. The van der Waals surface area contributed by atoms with Gasteiger partial charge in [-0.25, -0.2) is 0 Å². The summed E-state index contributed by atoms with van der Waals surface area (Å²) in [4.78, 5) is 26.0. The zero-order chi connectivity index (χ0) is 14.1. The van der Waals surface area contributed by atoms with Crippen molar-refractivity contribution in [2.75, 3.05) is 11.9 Å². The van der Waals surface area contributed by atoms with Crippen LogP contribution in [-0.4, -0.2) is 29.3 Å². The van der Waals surface area contributed by atoms with Gasteiger partial charge in [-0.3, -0.25) is 9.59 Å². The van der Waals surface area contributed by atoms with Gasteiger partial charge in [-0.1, -0.05) is 18.9 Å². The van der Waals surface area contributed by atoms with Crippen molar-refractivity contribution in [3.05, 3.63) is 29.3 Å². The molecule has 2 aliphatic rings. The third-order valence-corrected chi connectivity index (χ3v) is 4.30. The molecule has 0 spiro atoms. The number of fused-ring (bicyclic) bond motifs is 1. The second kappa shape index (κ2) is 5.27. The van der Waals surface area contributed by atoms with E-state index in [-0.39, 0.29) is 11.8 Å². The zero-order valence-corrected chi connectivity index (χ0v) is 11.8. The van der Waals surface area contributed by atoms with Crippen LogP contribution < -0.4 is 5.32 Å². The second-order valence-corrected chi connectivity index (χ2v) is 5.79. The van der Waals surface area contributed by atoms with Crippen LogP contribution in [-0.2, 0) is 11.2 Å². The Morgan fingerprint density at radius 2 is 2.15 bits per heavy atom. The maximum Gasteiger partial charge on any atom is 0.254 e. The van der Waals surface area contributed by atoms with Gasteiger partial charge < -0.3 is 10.2 Å². The number of carbonyl (C=O) groups is 2. The van der Waals surface area contributed by atoms with Crippen molar-refractivity contribution in [3.8, 4) is 0 Å². The van der Waals surface area contributed by atoms with E-state index in [1.54, 1.807) is 0 Å². The molecule has 1 aromatic rings. The predicted octanol–water partition coefficient (Wildman–Crippen LogP) is 2.59. The summed E-state index contributed by atoms with van der Waals surface area (Å²) < 4.78 is 0. The fourth-order valence-electron chi connectivity index (χ4n) is 3.09. The number of nitrogens with zero attached hydrogens (tertiary/aromatic N) is 1. The molecular weight excluding hydrogens is 252 g/mol. The molecule has 4 heteroatoms. The lowest BCUT2D eigenvalue weighted by molar-refractivity contribution is -0.115. The van der Waals surface area contributed by atoms with Gasteiger partial charge in [0.25, 0.3) is 5.91 Å². The van der Waals surface area contributed by atoms with E-state index >= 15 is 0 Å². The molecule has 1 N–H and O–H groups in total. The average Bonchev–Trinajstić information content (AvgIpc) is 2.66. The van der Waals surface area contributed by atoms with Gasteiger partial charge in [0, 0.05) is 23.8 Å². The lowest BCUT2D eigenvalue weighted by Crippen LogP contribution is -2.38. The lowest BCUT2D eigenvalue weighted by atomic mass is 10.1. The van der Waals surface area contributed by atoms with E-state index in [2.05, 4.69) is 12.2 Å². The van der Waals surface area contributed by atoms with Crippen LogP contribution in [0.15, 0.2) is 18.2 Å². The van der Waals surface area contributed by atoms with Crippen molar-refractivity contribution in [2.45, 2.75) is 45.1 Å². The normalized spacial score (nSPS) is 22.1. The van der Waals surface area contributed by atoms with Gasteiger partial charge in [-0.05, 0) is 37.5 Å². The molecule has 3 rings (SSSR count). The number of amides is 2. The molecule has 106 valence electrons. The summed E-state index contributed by atoms with van der Waals surface area (Å²) in [6.07, 6.45) is 4.98. The highest BCUT2D eigenvalue weighted by molar-refractivity contribution is 6.02. The Morgan fingerprint density at radius 3 is 3.00 bits per heavy atom. The largest absolute Gasteiger partial charge is 0.336 e. The number of anilines is 1. The molecule has 2 aliphatic heterocycles. The Kier molecular flexibility index (Phi) is 3.47. The standard InChI is InChI=1S/C16H20N2O2/c1-11-5-3-2-4-8-18(11)16(20)13-7-6-12-10-15(19)17-14(12)9-13/h6-7,9,11H,2-5,8,10H2,1H3,(H,17,19). The molecule has 2 heterocycles. The van der Waals surface area contributed by atoms with E-state index in [9.17, 15) is 9.59 Å². The van der Waals surface area contributed by atoms with Crippen LogP contribution in [0, 0.1) is 0 Å². The van der Waals surface area contributed by atoms with Gasteiger partial charge in [0.05, 0.1) is 6.42 Å². The Hall–Kier alpha value is -1.84. The summed E-state index contributed by atoms with van der Waals surface area (Å²) in [5, 5.41) is 2.81. The fourth-order valence-corrected chi connectivity index (χ4v) is 3.09. The minimum absolute atomic E-state index is 0.00717. The molecule has 0 bridgehead atoms. The van der Waals surface area contributed by atoms with E-state index in [1.807, 2.05) is 23.1 Å². The van der Waals surface area contributed by atoms with E-state index < -0.39 is 0 Å². The van der Waals surface area contributed by atoms with Crippen molar-refractivity contribution >= 4 is 17.5 Å². The molecule has 0 saturated carbocycles. The molecule has 1 atom stereocenters. The van der Waals surface area contributed by atoms with Gasteiger partial charge >= 0.3 is 0 Å². The van der Waals surface area contributed by atoms with Crippen LogP contribution in [0.3, 0.4) is 0 Å². The van der Waals surface area contributed by atoms with E-state index in [1.165, 1.54) is 12.8 Å². The van der Waals surface area contributed by atoms with Gasteiger partial charge in [0.1, 0.15) is 0 Å². The number of nitrogens with one attached hydrogen (secondary N) is 1. The molecule has 0 radical (unpaired) electrons. The number of carbonyl (C=O) groups excluding carboxylic acids is 2. The summed E-state index contributed by atoms with van der Waals surface area (Å²) in [6.45, 7) is 2.96. The maximum absolute atomic E-state index is 12.7. The third kappa shape index (κ3) is 2.42. The van der Waals surface area contributed by atoms with Gasteiger partial charge in [-0.15, -0.1) is 0 Å². The maximum atomic E-state index is 12.7. The van der Waals surface area contributed by atoms with E-state index in [0.717, 1.165) is 30.6 Å². The molecule has 1 aromatic carbocycles. The number of hydrogen-bond acceptors (Lipinski definition) is 2. The van der Waals surface area contributed by atoms with Gasteiger partial charge in [0.2, 0.25) is 5.91 Å². The summed E-state index contributed by atoms with van der Waals surface area (Å²) in [6, 6.07) is 5.86. The first-order valence-electron chi connectivity index (χ1n) is 7.39.